The lowest BCUT2D eigenvalue weighted by Crippen LogP contribution is -2.24. The van der Waals surface area contributed by atoms with Crippen LogP contribution in [0.15, 0.2) is 12.5 Å². The Morgan fingerprint density at radius 3 is 3.33 bits per heavy atom. The molecule has 1 N–H and O–H groups in total. The molecule has 102 valence electrons. The molecule has 2 rings (SSSR count). The van der Waals surface area contributed by atoms with E-state index in [1.807, 2.05) is 12.5 Å². The fraction of sp³-hybridized carbons (Fsp3) is 0.769. The summed E-state index contributed by atoms with van der Waals surface area (Å²) >= 11 is 0. The second kappa shape index (κ2) is 7.51. The predicted octanol–water partition coefficient (Wildman–Crippen LogP) is 1.05. The van der Waals surface area contributed by atoms with Gasteiger partial charge in [-0.05, 0) is 12.8 Å². The van der Waals surface area contributed by atoms with Gasteiger partial charge in [-0.2, -0.15) is 0 Å². The monoisotopic (exact) mass is 253 g/mol. The second-order valence-corrected chi connectivity index (χ2v) is 4.79. The molecule has 18 heavy (non-hydrogen) atoms. The van der Waals surface area contributed by atoms with Crippen molar-refractivity contribution in [3.8, 4) is 0 Å². The minimum atomic E-state index is 0.630. The lowest BCUT2D eigenvalue weighted by atomic mass is 10.0. The first-order valence-corrected chi connectivity index (χ1v) is 6.66. The summed E-state index contributed by atoms with van der Waals surface area (Å²) in [6, 6.07) is 0. The molecule has 1 aromatic rings. The molecule has 1 aromatic heterocycles. The molecule has 0 saturated carbocycles. The molecule has 0 bridgehead atoms. The summed E-state index contributed by atoms with van der Waals surface area (Å²) in [7, 11) is 1.72. The zero-order valence-electron chi connectivity index (χ0n) is 11.1. The Hall–Kier alpha value is -0.910. The van der Waals surface area contributed by atoms with Gasteiger partial charge in [0.25, 0.3) is 0 Å². The Kier molecular flexibility index (Phi) is 5.64. The Balaban J connectivity index is 1.79. The highest BCUT2D eigenvalue weighted by Crippen LogP contribution is 2.16. The number of hydrogen-bond donors (Lipinski definition) is 1. The van der Waals surface area contributed by atoms with Crippen molar-refractivity contribution in [2.45, 2.75) is 25.9 Å². The fourth-order valence-electron chi connectivity index (χ4n) is 2.28. The number of imidazole rings is 1. The van der Waals surface area contributed by atoms with E-state index in [0.717, 1.165) is 39.5 Å². The summed E-state index contributed by atoms with van der Waals surface area (Å²) in [5, 5.41) is 3.35. The normalized spacial score (nSPS) is 20.2. The van der Waals surface area contributed by atoms with E-state index in [2.05, 4.69) is 14.9 Å². The first-order chi connectivity index (χ1) is 8.90. The molecule has 0 amide bonds. The minimum absolute atomic E-state index is 0.630. The van der Waals surface area contributed by atoms with Crippen LogP contribution >= 0.6 is 0 Å². The predicted molar refractivity (Wildman–Crippen MR) is 69.4 cm³/mol. The van der Waals surface area contributed by atoms with Crippen molar-refractivity contribution in [2.75, 3.05) is 33.5 Å². The Labute approximate surface area is 108 Å². The Bertz CT molecular complexity index is 335. The van der Waals surface area contributed by atoms with Crippen molar-refractivity contribution in [1.82, 2.24) is 14.9 Å². The topological polar surface area (TPSA) is 48.3 Å². The molecule has 0 radical (unpaired) electrons. The van der Waals surface area contributed by atoms with Gasteiger partial charge < -0.3 is 19.4 Å². The molecule has 1 atom stereocenters. The van der Waals surface area contributed by atoms with E-state index >= 15 is 0 Å². The van der Waals surface area contributed by atoms with Crippen molar-refractivity contribution in [2.24, 2.45) is 5.92 Å². The molecule has 1 saturated heterocycles. The van der Waals surface area contributed by atoms with Gasteiger partial charge in [0, 0.05) is 45.5 Å². The molecule has 5 heteroatoms. The maximum Gasteiger partial charge on any atom is 0.0948 e. The number of nitrogens with one attached hydrogen (secondary N) is 1. The summed E-state index contributed by atoms with van der Waals surface area (Å²) in [4.78, 5) is 4.24. The smallest absolute Gasteiger partial charge is 0.0948 e. The van der Waals surface area contributed by atoms with Gasteiger partial charge >= 0.3 is 0 Å². The highest BCUT2D eigenvalue weighted by atomic mass is 16.5. The van der Waals surface area contributed by atoms with Crippen LogP contribution in [0.3, 0.4) is 0 Å². The Morgan fingerprint density at radius 2 is 2.56 bits per heavy atom. The molecule has 0 spiro atoms. The van der Waals surface area contributed by atoms with E-state index in [4.69, 9.17) is 9.47 Å². The molecule has 5 nitrogen and oxygen atoms in total. The van der Waals surface area contributed by atoms with Crippen LogP contribution in [0.5, 0.6) is 0 Å². The maximum absolute atomic E-state index is 5.52. The molecule has 0 aliphatic carbocycles. The van der Waals surface area contributed by atoms with Crippen LogP contribution in [0.4, 0.5) is 0 Å². The van der Waals surface area contributed by atoms with Gasteiger partial charge in [0.15, 0.2) is 0 Å². The SMILES string of the molecule is COCCNCc1cncn1CC1CCCOC1. The van der Waals surface area contributed by atoms with Crippen LogP contribution in [0.2, 0.25) is 0 Å². The van der Waals surface area contributed by atoms with Gasteiger partial charge in [-0.25, -0.2) is 4.98 Å². The maximum atomic E-state index is 5.52. The van der Waals surface area contributed by atoms with Gasteiger partial charge in [-0.1, -0.05) is 0 Å². The highest BCUT2D eigenvalue weighted by molar-refractivity contribution is 4.98. The van der Waals surface area contributed by atoms with Crippen molar-refractivity contribution in [3.63, 3.8) is 0 Å². The Morgan fingerprint density at radius 1 is 1.61 bits per heavy atom. The van der Waals surface area contributed by atoms with Crippen molar-refractivity contribution >= 4 is 0 Å². The van der Waals surface area contributed by atoms with Crippen LogP contribution in [0, 0.1) is 5.92 Å². The van der Waals surface area contributed by atoms with Crippen molar-refractivity contribution < 1.29 is 9.47 Å². The summed E-state index contributed by atoms with van der Waals surface area (Å²) in [5.41, 5.74) is 1.23. The van der Waals surface area contributed by atoms with E-state index in [1.165, 1.54) is 18.5 Å². The lowest BCUT2D eigenvalue weighted by molar-refractivity contribution is 0.0480. The molecular weight excluding hydrogens is 230 g/mol. The van der Waals surface area contributed by atoms with E-state index in [0.29, 0.717) is 5.92 Å². The van der Waals surface area contributed by atoms with Crippen LogP contribution in [0.1, 0.15) is 18.5 Å². The fourth-order valence-corrected chi connectivity index (χ4v) is 2.28. The standard InChI is InChI=1S/C13H23N3O2/c1-17-6-4-14-7-13-8-15-11-16(13)9-12-3-2-5-18-10-12/h8,11-12,14H,2-7,9-10H2,1H3. The third-order valence-electron chi connectivity index (χ3n) is 3.30. The second-order valence-electron chi connectivity index (χ2n) is 4.79. The number of nitrogens with zero attached hydrogens (tertiary/aromatic N) is 2. The zero-order chi connectivity index (χ0) is 12.6. The number of rotatable bonds is 7. The molecule has 1 aliphatic rings. The summed E-state index contributed by atoms with van der Waals surface area (Å²) < 4.78 is 12.8. The van der Waals surface area contributed by atoms with Gasteiger partial charge in [-0.15, -0.1) is 0 Å². The van der Waals surface area contributed by atoms with Gasteiger partial charge in [0.05, 0.1) is 25.2 Å². The van der Waals surface area contributed by atoms with Gasteiger partial charge in [0.1, 0.15) is 0 Å². The van der Waals surface area contributed by atoms with Gasteiger partial charge in [0.2, 0.25) is 0 Å². The minimum Gasteiger partial charge on any atom is -0.383 e. The first kappa shape index (κ1) is 13.5. The molecule has 1 aliphatic heterocycles. The van der Waals surface area contributed by atoms with E-state index in [9.17, 15) is 0 Å². The van der Waals surface area contributed by atoms with Crippen LogP contribution in [-0.2, 0) is 22.6 Å². The van der Waals surface area contributed by atoms with Crippen LogP contribution < -0.4 is 5.32 Å². The third kappa shape index (κ3) is 4.08. The average Bonchev–Trinajstić information content (AvgIpc) is 2.83. The molecule has 2 heterocycles. The van der Waals surface area contributed by atoms with Crippen LogP contribution in [-0.4, -0.2) is 43.0 Å². The average molecular weight is 253 g/mol. The van der Waals surface area contributed by atoms with E-state index in [1.54, 1.807) is 7.11 Å². The summed E-state index contributed by atoms with van der Waals surface area (Å²) in [6.07, 6.45) is 6.29. The van der Waals surface area contributed by atoms with E-state index < -0.39 is 0 Å². The number of methoxy groups -OCH3 is 1. The number of hydrogen-bond acceptors (Lipinski definition) is 4. The quantitative estimate of drug-likeness (QED) is 0.738. The molecule has 0 aromatic carbocycles. The molecule has 1 fully saturated rings. The van der Waals surface area contributed by atoms with Crippen molar-refractivity contribution in [1.29, 1.82) is 0 Å². The van der Waals surface area contributed by atoms with Crippen molar-refractivity contribution in [3.05, 3.63) is 18.2 Å². The highest BCUT2D eigenvalue weighted by Gasteiger charge is 2.15. The molecular formula is C13H23N3O2. The molecule has 1 unspecified atom stereocenters. The summed E-state index contributed by atoms with van der Waals surface area (Å²) in [5.74, 6) is 0.630. The lowest BCUT2D eigenvalue weighted by Gasteiger charge is -2.23. The van der Waals surface area contributed by atoms with Gasteiger partial charge in [-0.3, -0.25) is 0 Å². The zero-order valence-corrected chi connectivity index (χ0v) is 11.1. The largest absolute Gasteiger partial charge is 0.383 e. The number of aromatic nitrogens is 2. The van der Waals surface area contributed by atoms with Crippen LogP contribution in [0.25, 0.3) is 0 Å². The number of ether oxygens (including phenoxy) is 2. The first-order valence-electron chi connectivity index (χ1n) is 6.66. The summed E-state index contributed by atoms with van der Waals surface area (Å²) in [6.45, 7) is 5.28. The van der Waals surface area contributed by atoms with E-state index in [-0.39, 0.29) is 0 Å². The third-order valence-corrected chi connectivity index (χ3v) is 3.30.